The number of aromatic carboxylic acids is 1. The van der Waals surface area contributed by atoms with Crippen LogP contribution in [0.15, 0.2) is 42.6 Å². The Balaban J connectivity index is 1.84. The predicted octanol–water partition coefficient (Wildman–Crippen LogP) is 4.48. The molecule has 31 heavy (non-hydrogen) atoms. The van der Waals surface area contributed by atoms with Gasteiger partial charge in [0.25, 0.3) is 0 Å². The summed E-state index contributed by atoms with van der Waals surface area (Å²) < 4.78 is 5.64. The Morgan fingerprint density at radius 3 is 2.42 bits per heavy atom. The summed E-state index contributed by atoms with van der Waals surface area (Å²) >= 11 is 5.86. The molecule has 1 aromatic carbocycles. The predicted molar refractivity (Wildman–Crippen MR) is 116 cm³/mol. The van der Waals surface area contributed by atoms with Crippen LogP contribution in [0.3, 0.4) is 0 Å². The molecule has 1 aromatic heterocycles. The number of amides is 1. The van der Waals surface area contributed by atoms with Gasteiger partial charge < -0.3 is 14.9 Å². The summed E-state index contributed by atoms with van der Waals surface area (Å²) in [6, 6.07) is 9.26. The second-order valence-corrected chi connectivity index (χ2v) is 9.14. The number of benzene rings is 1. The monoisotopic (exact) mass is 446 g/mol. The van der Waals surface area contributed by atoms with Gasteiger partial charge in [0.05, 0.1) is 11.6 Å². The number of hydrogen-bond donors (Lipinski definition) is 2. The van der Waals surface area contributed by atoms with Crippen LogP contribution in [0.2, 0.25) is 5.15 Å². The zero-order chi connectivity index (χ0) is 22.8. The summed E-state index contributed by atoms with van der Waals surface area (Å²) in [5, 5.41) is 20.4. The molecule has 0 unspecified atom stereocenters. The highest BCUT2D eigenvalue weighted by atomic mass is 35.5. The normalized spacial score (nSPS) is 19.8. The second-order valence-electron chi connectivity index (χ2n) is 8.75. The van der Waals surface area contributed by atoms with Crippen LogP contribution in [0.4, 0.5) is 4.79 Å². The summed E-state index contributed by atoms with van der Waals surface area (Å²) in [7, 11) is 0. The number of aromatic nitrogens is 1. The third kappa shape index (κ3) is 5.74. The Labute approximate surface area is 186 Å². The van der Waals surface area contributed by atoms with E-state index in [0.717, 1.165) is 5.56 Å². The number of carboxylic acid groups (broad SMARTS) is 1. The summed E-state index contributed by atoms with van der Waals surface area (Å²) in [5.74, 6) is -0.984. The fourth-order valence-corrected chi connectivity index (χ4v) is 3.97. The van der Waals surface area contributed by atoms with Crippen molar-refractivity contribution >= 4 is 23.7 Å². The van der Waals surface area contributed by atoms with E-state index in [0.29, 0.717) is 30.0 Å². The van der Waals surface area contributed by atoms with Crippen molar-refractivity contribution in [1.29, 1.82) is 0 Å². The Morgan fingerprint density at radius 2 is 1.87 bits per heavy atom. The molecule has 7 nitrogen and oxygen atoms in total. The molecule has 0 bridgehead atoms. The van der Waals surface area contributed by atoms with Crippen molar-refractivity contribution in [1.82, 2.24) is 9.88 Å². The fourth-order valence-electron chi connectivity index (χ4n) is 3.86. The van der Waals surface area contributed by atoms with E-state index in [1.165, 1.54) is 6.20 Å². The summed E-state index contributed by atoms with van der Waals surface area (Å²) in [4.78, 5) is 29.8. The number of aliphatic hydroxyl groups excluding tert-OH is 1. The third-order valence-corrected chi connectivity index (χ3v) is 5.50. The van der Waals surface area contributed by atoms with E-state index in [1.54, 1.807) is 62.1 Å². The van der Waals surface area contributed by atoms with Gasteiger partial charge in [-0.15, -0.1) is 0 Å². The zero-order valence-electron chi connectivity index (χ0n) is 17.8. The lowest BCUT2D eigenvalue weighted by atomic mass is 10.0. The Kier molecular flexibility index (Phi) is 6.86. The van der Waals surface area contributed by atoms with Gasteiger partial charge in [-0.3, -0.25) is 4.90 Å². The van der Waals surface area contributed by atoms with Gasteiger partial charge in [-0.1, -0.05) is 29.8 Å². The lowest BCUT2D eigenvalue weighted by molar-refractivity contribution is -0.00459. The van der Waals surface area contributed by atoms with Crippen molar-refractivity contribution in [3.8, 4) is 0 Å². The minimum atomic E-state index is -0.984. The molecule has 0 spiro atoms. The van der Waals surface area contributed by atoms with Gasteiger partial charge in [0, 0.05) is 17.8 Å². The molecule has 3 atom stereocenters. The van der Waals surface area contributed by atoms with Crippen LogP contribution in [0.25, 0.3) is 0 Å². The molecular formula is C23H27ClN2O5. The van der Waals surface area contributed by atoms with Crippen LogP contribution in [0.5, 0.6) is 0 Å². The molecule has 1 aliphatic rings. The van der Waals surface area contributed by atoms with Crippen LogP contribution >= 0.6 is 11.6 Å². The number of aliphatic hydroxyl groups is 1. The second kappa shape index (κ2) is 9.24. The Hall–Kier alpha value is -2.64. The van der Waals surface area contributed by atoms with Gasteiger partial charge in [-0.05, 0) is 63.8 Å². The van der Waals surface area contributed by atoms with Crippen LogP contribution < -0.4 is 0 Å². The number of carbonyl (C=O) groups excluding carboxylic acids is 1. The number of nitrogens with zero attached hydrogens (tertiary/aromatic N) is 2. The number of halogens is 1. The molecule has 2 aromatic rings. The molecule has 1 fully saturated rings. The van der Waals surface area contributed by atoms with Gasteiger partial charge in [-0.25, -0.2) is 14.6 Å². The molecular weight excluding hydrogens is 420 g/mol. The lowest BCUT2D eigenvalue weighted by Gasteiger charge is -2.34. The number of rotatable bonds is 5. The van der Waals surface area contributed by atoms with E-state index in [4.69, 9.17) is 21.4 Å². The van der Waals surface area contributed by atoms with Crippen molar-refractivity contribution in [2.45, 2.75) is 63.8 Å². The molecule has 8 heteroatoms. The molecule has 3 rings (SSSR count). The van der Waals surface area contributed by atoms with Crippen LogP contribution in [0.1, 0.15) is 61.2 Å². The zero-order valence-corrected chi connectivity index (χ0v) is 18.5. The topological polar surface area (TPSA) is 100.0 Å². The van der Waals surface area contributed by atoms with Gasteiger partial charge in [0.2, 0.25) is 0 Å². The van der Waals surface area contributed by atoms with Crippen molar-refractivity contribution in [3.05, 3.63) is 64.4 Å². The minimum absolute atomic E-state index is 0.189. The fraction of sp³-hybridized carbons (Fsp3) is 0.435. The van der Waals surface area contributed by atoms with Crippen molar-refractivity contribution in [3.63, 3.8) is 0 Å². The van der Waals surface area contributed by atoms with Gasteiger partial charge in [-0.2, -0.15) is 0 Å². The van der Waals surface area contributed by atoms with E-state index < -0.39 is 29.8 Å². The molecule has 0 radical (unpaired) electrons. The number of likely N-dealkylation sites (tertiary alicyclic amines) is 1. The van der Waals surface area contributed by atoms with Crippen molar-refractivity contribution in [2.24, 2.45) is 0 Å². The molecule has 0 aliphatic carbocycles. The molecule has 1 saturated heterocycles. The average molecular weight is 447 g/mol. The molecule has 166 valence electrons. The first-order valence-corrected chi connectivity index (χ1v) is 10.6. The van der Waals surface area contributed by atoms with Gasteiger partial charge >= 0.3 is 12.1 Å². The largest absolute Gasteiger partial charge is 0.478 e. The highest BCUT2D eigenvalue weighted by Crippen LogP contribution is 2.36. The molecule has 2 heterocycles. The number of ether oxygens (including phenoxy) is 1. The summed E-state index contributed by atoms with van der Waals surface area (Å²) in [6.45, 7) is 5.40. The van der Waals surface area contributed by atoms with E-state index >= 15 is 0 Å². The first kappa shape index (κ1) is 23.0. The molecule has 1 aliphatic heterocycles. The standard InChI is InChI=1S/C23H27ClN2O5/c1-23(2,3)31-22(30)26-17(12-14-4-6-15(7-5-14)21(28)29)9-10-18(26)20(27)16-8-11-19(24)25-13-16/h4-8,11,13,17-18,20,27H,9-10,12H2,1-3H3,(H,28,29)/t17-,18+,20+/m0/s1. The van der Waals surface area contributed by atoms with Crippen LogP contribution in [-0.4, -0.2) is 49.8 Å². The first-order chi connectivity index (χ1) is 14.5. The van der Waals surface area contributed by atoms with Crippen LogP contribution in [-0.2, 0) is 11.2 Å². The maximum atomic E-state index is 13.1. The highest BCUT2D eigenvalue weighted by molar-refractivity contribution is 6.29. The van der Waals surface area contributed by atoms with Crippen molar-refractivity contribution in [2.75, 3.05) is 0 Å². The number of carbonyl (C=O) groups is 2. The smallest absolute Gasteiger partial charge is 0.410 e. The minimum Gasteiger partial charge on any atom is -0.478 e. The van der Waals surface area contributed by atoms with E-state index in [1.807, 2.05) is 0 Å². The summed E-state index contributed by atoms with van der Waals surface area (Å²) in [5.41, 5.74) is 1.02. The van der Waals surface area contributed by atoms with Crippen LogP contribution in [0, 0.1) is 0 Å². The Morgan fingerprint density at radius 1 is 1.19 bits per heavy atom. The lowest BCUT2D eigenvalue weighted by Crippen LogP contribution is -2.47. The summed E-state index contributed by atoms with van der Waals surface area (Å²) in [6.07, 6.45) is 1.91. The maximum Gasteiger partial charge on any atom is 0.410 e. The molecule has 2 N–H and O–H groups in total. The number of hydrogen-bond acceptors (Lipinski definition) is 5. The van der Waals surface area contributed by atoms with Crippen molar-refractivity contribution < 1.29 is 24.5 Å². The first-order valence-electron chi connectivity index (χ1n) is 10.2. The SMILES string of the molecule is CC(C)(C)OC(=O)N1[C@H](Cc2ccc(C(=O)O)cc2)CC[C@@H]1[C@H](O)c1ccc(Cl)nc1. The molecule has 0 saturated carbocycles. The highest BCUT2D eigenvalue weighted by Gasteiger charge is 2.43. The number of carboxylic acids is 1. The van der Waals surface area contributed by atoms with E-state index in [2.05, 4.69) is 4.98 Å². The van der Waals surface area contributed by atoms with E-state index in [-0.39, 0.29) is 11.6 Å². The van der Waals surface area contributed by atoms with Gasteiger partial charge in [0.15, 0.2) is 0 Å². The third-order valence-electron chi connectivity index (χ3n) is 5.28. The van der Waals surface area contributed by atoms with E-state index in [9.17, 15) is 14.7 Å². The number of pyridine rings is 1. The van der Waals surface area contributed by atoms with Gasteiger partial charge in [0.1, 0.15) is 16.9 Å². The maximum absolute atomic E-state index is 13.1. The average Bonchev–Trinajstić information content (AvgIpc) is 3.11. The molecule has 1 amide bonds. The quantitative estimate of drug-likeness (QED) is 0.657. The Bertz CT molecular complexity index is 924.